The highest BCUT2D eigenvalue weighted by Gasteiger charge is 2.37. The van der Waals surface area contributed by atoms with Gasteiger partial charge in [-0.1, -0.05) is 42.0 Å². The summed E-state index contributed by atoms with van der Waals surface area (Å²) in [5.41, 5.74) is 3.51. The van der Waals surface area contributed by atoms with Gasteiger partial charge in [-0.15, -0.1) is 0 Å². The van der Waals surface area contributed by atoms with Gasteiger partial charge in [-0.3, -0.25) is 9.59 Å². The molecule has 0 aliphatic carbocycles. The van der Waals surface area contributed by atoms with Gasteiger partial charge in [0.05, 0.1) is 24.4 Å². The number of methoxy groups -OCH3 is 1. The minimum Gasteiger partial charge on any atom is -0.378 e. The summed E-state index contributed by atoms with van der Waals surface area (Å²) in [7, 11) is 1.57. The average molecular weight is 408 g/mol. The van der Waals surface area contributed by atoms with Crippen LogP contribution in [0, 0.1) is 12.7 Å². The monoisotopic (exact) mass is 408 g/mol. The summed E-state index contributed by atoms with van der Waals surface area (Å²) in [5, 5.41) is 9.90. The lowest BCUT2D eigenvalue weighted by Gasteiger charge is -2.10. The number of hydrogen-bond donors (Lipinski definition) is 2. The number of halogens is 1. The van der Waals surface area contributed by atoms with Crippen LogP contribution in [0.1, 0.15) is 23.7 Å². The van der Waals surface area contributed by atoms with Gasteiger partial charge in [-0.25, -0.2) is 9.07 Å². The first-order chi connectivity index (χ1) is 14.5. The predicted octanol–water partition coefficient (Wildman–Crippen LogP) is 3.67. The number of anilines is 2. The fourth-order valence-corrected chi connectivity index (χ4v) is 3.52. The van der Waals surface area contributed by atoms with Crippen molar-refractivity contribution in [1.29, 1.82) is 0 Å². The van der Waals surface area contributed by atoms with Crippen molar-refractivity contribution in [3.63, 3.8) is 0 Å². The summed E-state index contributed by atoms with van der Waals surface area (Å²) in [4.78, 5) is 25.1. The largest absolute Gasteiger partial charge is 0.378 e. The molecule has 30 heavy (non-hydrogen) atoms. The molecule has 0 saturated heterocycles. The Morgan fingerprint density at radius 1 is 1.23 bits per heavy atom. The lowest BCUT2D eigenvalue weighted by atomic mass is 10.0. The lowest BCUT2D eigenvalue weighted by Crippen LogP contribution is -2.24. The van der Waals surface area contributed by atoms with Crippen molar-refractivity contribution in [3.8, 4) is 11.1 Å². The maximum Gasteiger partial charge on any atom is 0.251 e. The molecule has 1 unspecified atom stereocenters. The van der Waals surface area contributed by atoms with E-state index in [0.29, 0.717) is 11.5 Å². The molecule has 1 aliphatic heterocycles. The maximum absolute atomic E-state index is 13.8. The maximum atomic E-state index is 13.8. The fraction of sp³-hybridized carbons (Fsp3) is 0.227. The first kappa shape index (κ1) is 19.8. The number of amides is 2. The highest BCUT2D eigenvalue weighted by molar-refractivity contribution is 6.04. The number of ether oxygens (including phenoxy) is 1. The molecule has 1 aliphatic rings. The van der Waals surface area contributed by atoms with Crippen molar-refractivity contribution in [2.24, 2.45) is 0 Å². The summed E-state index contributed by atoms with van der Waals surface area (Å²) in [5.74, 6) is -0.822. The summed E-state index contributed by atoms with van der Waals surface area (Å²) in [6, 6.07) is 12.9. The number of aromatic nitrogens is 2. The Bertz CT molecular complexity index is 1110. The molecule has 0 bridgehead atoms. The van der Waals surface area contributed by atoms with Crippen molar-refractivity contribution in [1.82, 2.24) is 9.78 Å². The van der Waals surface area contributed by atoms with E-state index in [9.17, 15) is 14.0 Å². The molecule has 0 radical (unpaired) electrons. The Labute approximate surface area is 172 Å². The van der Waals surface area contributed by atoms with E-state index in [1.54, 1.807) is 13.2 Å². The third kappa shape index (κ3) is 3.69. The molecular weight excluding hydrogens is 387 g/mol. The van der Waals surface area contributed by atoms with Gasteiger partial charge in [0.1, 0.15) is 17.7 Å². The predicted molar refractivity (Wildman–Crippen MR) is 110 cm³/mol. The zero-order chi connectivity index (χ0) is 21.3. The van der Waals surface area contributed by atoms with Crippen LogP contribution in [-0.2, 0) is 20.9 Å². The molecule has 0 spiro atoms. The molecule has 1 aromatic heterocycles. The number of nitrogens with zero attached hydrogens (tertiary/aromatic N) is 2. The van der Waals surface area contributed by atoms with Crippen LogP contribution >= 0.6 is 0 Å². The van der Waals surface area contributed by atoms with Crippen LogP contribution in [0.15, 0.2) is 48.5 Å². The van der Waals surface area contributed by atoms with Gasteiger partial charge in [0.2, 0.25) is 5.91 Å². The van der Waals surface area contributed by atoms with Crippen molar-refractivity contribution >= 4 is 23.3 Å². The molecule has 2 heterocycles. The number of benzene rings is 2. The zero-order valence-electron chi connectivity index (χ0n) is 16.6. The van der Waals surface area contributed by atoms with E-state index in [0.717, 1.165) is 16.7 Å². The number of carbonyl (C=O) groups excluding carboxylic acids is 2. The van der Waals surface area contributed by atoms with Gasteiger partial charge in [-0.05, 0) is 24.6 Å². The molecule has 2 aromatic carbocycles. The summed E-state index contributed by atoms with van der Waals surface area (Å²) in [6.45, 7) is 2.25. The summed E-state index contributed by atoms with van der Waals surface area (Å²) < 4.78 is 20.6. The Kier molecular flexibility index (Phi) is 5.33. The van der Waals surface area contributed by atoms with E-state index < -0.39 is 17.8 Å². The molecule has 8 heteroatoms. The average Bonchev–Trinajstić information content (AvgIpc) is 3.20. The molecule has 0 fully saturated rings. The molecular formula is C22H21FN4O3. The first-order valence-corrected chi connectivity index (χ1v) is 9.50. The number of rotatable bonds is 6. The third-order valence-corrected chi connectivity index (χ3v) is 4.97. The van der Waals surface area contributed by atoms with E-state index in [1.165, 1.54) is 22.9 Å². The zero-order valence-corrected chi connectivity index (χ0v) is 16.6. The molecule has 4 rings (SSSR count). The Hall–Kier alpha value is -3.52. The van der Waals surface area contributed by atoms with E-state index in [-0.39, 0.29) is 24.6 Å². The number of carbonyl (C=O) groups is 2. The second-order valence-corrected chi connectivity index (χ2v) is 7.15. The number of hydrogen-bond acceptors (Lipinski definition) is 4. The van der Waals surface area contributed by atoms with Crippen LogP contribution in [-0.4, -0.2) is 28.7 Å². The molecule has 154 valence electrons. The van der Waals surface area contributed by atoms with E-state index in [4.69, 9.17) is 4.74 Å². The first-order valence-electron chi connectivity index (χ1n) is 9.50. The lowest BCUT2D eigenvalue weighted by molar-refractivity contribution is -0.123. The molecule has 7 nitrogen and oxygen atoms in total. The Balaban J connectivity index is 1.63. The Morgan fingerprint density at radius 2 is 1.97 bits per heavy atom. The topological polar surface area (TPSA) is 85.2 Å². The molecule has 2 N–H and O–H groups in total. The second-order valence-electron chi connectivity index (χ2n) is 7.15. The number of para-hydroxylation sites is 1. The van der Waals surface area contributed by atoms with E-state index in [1.807, 2.05) is 31.2 Å². The normalized spacial score (nSPS) is 15.0. The fourth-order valence-electron chi connectivity index (χ4n) is 3.52. The quantitative estimate of drug-likeness (QED) is 0.652. The standard InChI is InChI=1S/C22H21FN4O3/c1-13-7-9-14(10-8-13)20-17(12-30-2)26-27-18(22(29)25-21(20)27)11-19(28)24-16-6-4-3-5-15(16)23/h3-10,18H,11-12H2,1-2H3,(H,24,28)(H,25,29). The Morgan fingerprint density at radius 3 is 2.67 bits per heavy atom. The van der Waals surface area contributed by atoms with Crippen LogP contribution in [0.2, 0.25) is 0 Å². The van der Waals surface area contributed by atoms with Crippen LogP contribution in [0.4, 0.5) is 15.9 Å². The van der Waals surface area contributed by atoms with Gasteiger partial charge < -0.3 is 15.4 Å². The van der Waals surface area contributed by atoms with Crippen LogP contribution in [0.25, 0.3) is 11.1 Å². The minimum atomic E-state index is -0.832. The SMILES string of the molecule is COCc1nn2c(c1-c1ccc(C)cc1)NC(=O)C2CC(=O)Nc1ccccc1F. The summed E-state index contributed by atoms with van der Waals surface area (Å²) in [6.07, 6.45) is -0.172. The van der Waals surface area contributed by atoms with Crippen LogP contribution < -0.4 is 10.6 Å². The molecule has 2 amide bonds. The number of fused-ring (bicyclic) bond motifs is 1. The second kappa shape index (κ2) is 8.08. The van der Waals surface area contributed by atoms with Gasteiger partial charge in [-0.2, -0.15) is 5.10 Å². The molecule has 1 atom stereocenters. The highest BCUT2D eigenvalue weighted by Crippen LogP contribution is 2.39. The minimum absolute atomic E-state index is 0.0713. The van der Waals surface area contributed by atoms with Gasteiger partial charge >= 0.3 is 0 Å². The van der Waals surface area contributed by atoms with E-state index >= 15 is 0 Å². The van der Waals surface area contributed by atoms with Crippen LogP contribution in [0.5, 0.6) is 0 Å². The van der Waals surface area contributed by atoms with E-state index in [2.05, 4.69) is 15.7 Å². The van der Waals surface area contributed by atoms with Crippen molar-refractivity contribution < 1.29 is 18.7 Å². The van der Waals surface area contributed by atoms with Gasteiger partial charge in [0.15, 0.2) is 0 Å². The van der Waals surface area contributed by atoms with Crippen molar-refractivity contribution in [2.75, 3.05) is 17.7 Å². The van der Waals surface area contributed by atoms with Gasteiger partial charge in [0, 0.05) is 12.7 Å². The number of nitrogens with one attached hydrogen (secondary N) is 2. The molecule has 3 aromatic rings. The smallest absolute Gasteiger partial charge is 0.251 e. The molecule has 0 saturated carbocycles. The third-order valence-electron chi connectivity index (χ3n) is 4.97. The number of aryl methyl sites for hydroxylation is 1. The van der Waals surface area contributed by atoms with Gasteiger partial charge in [0.25, 0.3) is 5.91 Å². The van der Waals surface area contributed by atoms with Crippen molar-refractivity contribution in [2.45, 2.75) is 26.0 Å². The summed E-state index contributed by atoms with van der Waals surface area (Å²) >= 11 is 0. The van der Waals surface area contributed by atoms with Crippen molar-refractivity contribution in [3.05, 3.63) is 65.6 Å². The van der Waals surface area contributed by atoms with Crippen LogP contribution in [0.3, 0.4) is 0 Å². The highest BCUT2D eigenvalue weighted by atomic mass is 19.1.